The SMILES string of the molecule is CC(C)OCCOCC(O)CN(C)C(=O)Nc1ccc(C(F)(F)F)cc1. The summed E-state index contributed by atoms with van der Waals surface area (Å²) in [7, 11) is 1.46. The Labute approximate surface area is 150 Å². The van der Waals surface area contributed by atoms with Gasteiger partial charge in [-0.3, -0.25) is 0 Å². The van der Waals surface area contributed by atoms with Gasteiger partial charge in [0.05, 0.1) is 44.1 Å². The maximum absolute atomic E-state index is 12.5. The molecule has 0 aliphatic carbocycles. The first-order chi connectivity index (χ1) is 12.1. The predicted octanol–water partition coefficient (Wildman–Crippen LogP) is 2.97. The summed E-state index contributed by atoms with van der Waals surface area (Å²) in [5.41, 5.74) is -0.565. The number of carbonyl (C=O) groups excluding carboxylic acids is 1. The molecule has 0 fully saturated rings. The minimum atomic E-state index is -4.43. The summed E-state index contributed by atoms with van der Waals surface area (Å²) >= 11 is 0. The number of amides is 2. The van der Waals surface area contributed by atoms with E-state index in [1.165, 1.54) is 24.1 Å². The quantitative estimate of drug-likeness (QED) is 0.648. The highest BCUT2D eigenvalue weighted by Crippen LogP contribution is 2.29. The molecule has 148 valence electrons. The van der Waals surface area contributed by atoms with Crippen LogP contribution < -0.4 is 5.32 Å². The lowest BCUT2D eigenvalue weighted by Crippen LogP contribution is -2.39. The summed E-state index contributed by atoms with van der Waals surface area (Å²) in [6.45, 7) is 4.60. The zero-order valence-corrected chi connectivity index (χ0v) is 15.0. The number of aliphatic hydroxyl groups is 1. The van der Waals surface area contributed by atoms with Gasteiger partial charge in [-0.15, -0.1) is 0 Å². The number of halogens is 3. The van der Waals surface area contributed by atoms with Crippen LogP contribution in [0.1, 0.15) is 19.4 Å². The van der Waals surface area contributed by atoms with Crippen LogP contribution in [0.4, 0.5) is 23.7 Å². The van der Waals surface area contributed by atoms with E-state index in [0.717, 1.165) is 12.1 Å². The molecular formula is C17H25F3N2O4. The Morgan fingerprint density at radius 3 is 2.38 bits per heavy atom. The highest BCUT2D eigenvalue weighted by atomic mass is 19.4. The first-order valence-electron chi connectivity index (χ1n) is 8.16. The number of ether oxygens (including phenoxy) is 2. The van der Waals surface area contributed by atoms with Crippen molar-refractivity contribution in [3.8, 4) is 0 Å². The van der Waals surface area contributed by atoms with Crippen LogP contribution in [-0.4, -0.2) is 61.7 Å². The molecule has 0 radical (unpaired) electrons. The zero-order chi connectivity index (χ0) is 19.7. The van der Waals surface area contributed by atoms with Gasteiger partial charge in [0.2, 0.25) is 0 Å². The van der Waals surface area contributed by atoms with Crippen LogP contribution in [0.5, 0.6) is 0 Å². The Balaban J connectivity index is 2.35. The maximum Gasteiger partial charge on any atom is 0.416 e. The first-order valence-corrected chi connectivity index (χ1v) is 8.16. The van der Waals surface area contributed by atoms with Crippen molar-refractivity contribution in [1.82, 2.24) is 4.90 Å². The van der Waals surface area contributed by atoms with Gasteiger partial charge in [-0.25, -0.2) is 4.79 Å². The number of hydrogen-bond acceptors (Lipinski definition) is 4. The third-order valence-electron chi connectivity index (χ3n) is 3.28. The minimum Gasteiger partial charge on any atom is -0.389 e. The fourth-order valence-corrected chi connectivity index (χ4v) is 1.98. The Morgan fingerprint density at radius 1 is 1.23 bits per heavy atom. The molecule has 0 aromatic heterocycles. The second-order valence-electron chi connectivity index (χ2n) is 6.03. The second-order valence-corrected chi connectivity index (χ2v) is 6.03. The molecule has 26 heavy (non-hydrogen) atoms. The smallest absolute Gasteiger partial charge is 0.389 e. The molecule has 6 nitrogen and oxygen atoms in total. The van der Waals surface area contributed by atoms with Crippen molar-refractivity contribution in [1.29, 1.82) is 0 Å². The van der Waals surface area contributed by atoms with Gasteiger partial charge in [0.25, 0.3) is 0 Å². The lowest BCUT2D eigenvalue weighted by Gasteiger charge is -2.21. The molecular weight excluding hydrogens is 353 g/mol. The summed E-state index contributed by atoms with van der Waals surface area (Å²) in [5.74, 6) is 0. The van der Waals surface area contributed by atoms with Crippen molar-refractivity contribution in [2.45, 2.75) is 32.2 Å². The number of urea groups is 1. The van der Waals surface area contributed by atoms with Crippen molar-refractivity contribution < 1.29 is 32.5 Å². The number of nitrogens with zero attached hydrogens (tertiary/aromatic N) is 1. The summed E-state index contributed by atoms with van der Waals surface area (Å²) in [4.78, 5) is 13.2. The molecule has 0 saturated heterocycles. The van der Waals surface area contributed by atoms with Crippen LogP contribution in [0.25, 0.3) is 0 Å². The third kappa shape index (κ3) is 8.50. The molecule has 1 atom stereocenters. The van der Waals surface area contributed by atoms with E-state index in [1.54, 1.807) is 0 Å². The van der Waals surface area contributed by atoms with Gasteiger partial charge < -0.3 is 24.8 Å². The van der Waals surface area contributed by atoms with Crippen LogP contribution in [0.3, 0.4) is 0 Å². The number of benzene rings is 1. The summed E-state index contributed by atoms with van der Waals surface area (Å²) in [6, 6.07) is 3.56. The normalized spacial score (nSPS) is 12.9. The monoisotopic (exact) mass is 378 g/mol. The zero-order valence-electron chi connectivity index (χ0n) is 15.0. The van der Waals surface area contributed by atoms with E-state index < -0.39 is 23.9 Å². The van der Waals surface area contributed by atoms with Crippen LogP contribution in [0.2, 0.25) is 0 Å². The molecule has 0 aliphatic heterocycles. The van der Waals surface area contributed by atoms with Crippen molar-refractivity contribution in [2.24, 2.45) is 0 Å². The van der Waals surface area contributed by atoms with E-state index in [1.807, 2.05) is 13.8 Å². The van der Waals surface area contributed by atoms with E-state index in [0.29, 0.717) is 13.2 Å². The highest BCUT2D eigenvalue weighted by Gasteiger charge is 2.30. The molecule has 1 aromatic rings. The van der Waals surface area contributed by atoms with Crippen molar-refractivity contribution in [3.63, 3.8) is 0 Å². The fourth-order valence-electron chi connectivity index (χ4n) is 1.98. The summed E-state index contributed by atoms with van der Waals surface area (Å²) in [6.07, 6.45) is -5.22. The van der Waals surface area contributed by atoms with Gasteiger partial charge in [0.1, 0.15) is 0 Å². The average molecular weight is 378 g/mol. The van der Waals surface area contributed by atoms with Crippen LogP contribution in [-0.2, 0) is 15.7 Å². The van der Waals surface area contributed by atoms with Crippen molar-refractivity contribution in [2.75, 3.05) is 38.7 Å². The third-order valence-corrected chi connectivity index (χ3v) is 3.28. The van der Waals surface area contributed by atoms with E-state index in [-0.39, 0.29) is 24.9 Å². The van der Waals surface area contributed by atoms with Crippen molar-refractivity contribution >= 4 is 11.7 Å². The van der Waals surface area contributed by atoms with Gasteiger partial charge in [-0.05, 0) is 38.1 Å². The van der Waals surface area contributed by atoms with Gasteiger partial charge in [0.15, 0.2) is 0 Å². The lowest BCUT2D eigenvalue weighted by atomic mass is 10.2. The molecule has 0 spiro atoms. The van der Waals surface area contributed by atoms with E-state index in [4.69, 9.17) is 9.47 Å². The van der Waals surface area contributed by atoms with Gasteiger partial charge in [-0.2, -0.15) is 13.2 Å². The standard InChI is InChI=1S/C17H25F3N2O4/c1-12(2)26-9-8-25-11-15(23)10-22(3)16(24)21-14-6-4-13(5-7-14)17(18,19)20/h4-7,12,15,23H,8-11H2,1-3H3,(H,21,24). The average Bonchev–Trinajstić information content (AvgIpc) is 2.53. The molecule has 2 amide bonds. The Kier molecular flexibility index (Phi) is 8.83. The molecule has 1 aromatic carbocycles. The second kappa shape index (κ2) is 10.3. The number of anilines is 1. The van der Waals surface area contributed by atoms with E-state index in [2.05, 4.69) is 5.32 Å². The molecule has 0 bridgehead atoms. The number of likely N-dealkylation sites (N-methyl/N-ethyl adjacent to an activating group) is 1. The predicted molar refractivity (Wildman–Crippen MR) is 91.0 cm³/mol. The topological polar surface area (TPSA) is 71.0 Å². The lowest BCUT2D eigenvalue weighted by molar-refractivity contribution is -0.137. The molecule has 0 aliphatic rings. The Morgan fingerprint density at radius 2 is 1.85 bits per heavy atom. The number of alkyl halides is 3. The molecule has 9 heteroatoms. The number of hydrogen-bond donors (Lipinski definition) is 2. The number of rotatable bonds is 9. The first kappa shape index (κ1) is 22.2. The molecule has 1 unspecified atom stereocenters. The Hall–Kier alpha value is -1.84. The minimum absolute atomic E-state index is 0.0114. The molecule has 0 heterocycles. The van der Waals surface area contributed by atoms with Gasteiger partial charge in [-0.1, -0.05) is 0 Å². The fraction of sp³-hybridized carbons (Fsp3) is 0.588. The molecule has 2 N–H and O–H groups in total. The number of nitrogens with one attached hydrogen (secondary N) is 1. The van der Waals surface area contributed by atoms with Crippen LogP contribution in [0, 0.1) is 0 Å². The molecule has 0 saturated carbocycles. The van der Waals surface area contributed by atoms with Gasteiger partial charge >= 0.3 is 12.2 Å². The van der Waals surface area contributed by atoms with E-state index >= 15 is 0 Å². The highest BCUT2D eigenvalue weighted by molar-refractivity contribution is 5.89. The maximum atomic E-state index is 12.5. The summed E-state index contributed by atoms with van der Waals surface area (Å²) in [5, 5.41) is 12.3. The Bertz CT molecular complexity index is 550. The number of carbonyl (C=O) groups is 1. The van der Waals surface area contributed by atoms with Crippen molar-refractivity contribution in [3.05, 3.63) is 29.8 Å². The largest absolute Gasteiger partial charge is 0.416 e. The number of aliphatic hydroxyl groups excluding tert-OH is 1. The van der Waals surface area contributed by atoms with Crippen LogP contribution in [0.15, 0.2) is 24.3 Å². The van der Waals surface area contributed by atoms with Crippen LogP contribution >= 0.6 is 0 Å². The summed E-state index contributed by atoms with van der Waals surface area (Å²) < 4.78 is 48.0. The van der Waals surface area contributed by atoms with E-state index in [9.17, 15) is 23.1 Å². The van der Waals surface area contributed by atoms with Gasteiger partial charge in [0, 0.05) is 12.7 Å². The molecule has 1 rings (SSSR count).